The topological polar surface area (TPSA) is 17.1 Å². The van der Waals surface area contributed by atoms with Gasteiger partial charge in [-0.05, 0) is 0 Å². The number of alkyl halides is 3. The van der Waals surface area contributed by atoms with Crippen LogP contribution in [0.25, 0.3) is 0 Å². The summed E-state index contributed by atoms with van der Waals surface area (Å²) in [6, 6.07) is 0. The number of Topliss-reactive ketones (excluding diaryl/α,β-unsaturated/α-hetero) is 1. The predicted molar refractivity (Wildman–Crippen MR) is 39.8 cm³/mol. The molecule has 1 nitrogen and oxygen atoms in total. The summed E-state index contributed by atoms with van der Waals surface area (Å²) >= 11 is 0. The number of ketones is 1. The van der Waals surface area contributed by atoms with E-state index >= 15 is 0 Å². The van der Waals surface area contributed by atoms with Crippen molar-refractivity contribution in [1.82, 2.24) is 0 Å². The minimum Gasteiger partial charge on any atom is -0.300 e. The summed E-state index contributed by atoms with van der Waals surface area (Å²) in [5.74, 6) is -0.292. The van der Waals surface area contributed by atoms with Gasteiger partial charge >= 0.3 is 6.18 Å². The third kappa shape index (κ3) is 1.99. The van der Waals surface area contributed by atoms with Gasteiger partial charge in [0.25, 0.3) is 0 Å². The molecule has 1 fully saturated rings. The van der Waals surface area contributed by atoms with Crippen LogP contribution in [0.3, 0.4) is 0 Å². The van der Waals surface area contributed by atoms with Crippen molar-refractivity contribution < 1.29 is 18.0 Å². The van der Waals surface area contributed by atoms with Crippen molar-refractivity contribution in [2.45, 2.75) is 39.8 Å². The van der Waals surface area contributed by atoms with Gasteiger partial charge in [0.05, 0.1) is 5.41 Å². The van der Waals surface area contributed by atoms with Crippen LogP contribution in [0.4, 0.5) is 13.2 Å². The van der Waals surface area contributed by atoms with E-state index in [0.29, 0.717) is 0 Å². The van der Waals surface area contributed by atoms with Gasteiger partial charge in [-0.1, -0.05) is 20.8 Å². The van der Waals surface area contributed by atoms with Crippen LogP contribution in [-0.2, 0) is 4.79 Å². The van der Waals surface area contributed by atoms with E-state index < -0.39 is 11.6 Å². The molecule has 0 unspecified atom stereocenters. The van der Waals surface area contributed by atoms with Crippen LogP contribution in [0.2, 0.25) is 0 Å². The number of carbonyl (C=O) groups is 1. The third-order valence-corrected chi connectivity index (χ3v) is 1.86. The second-order valence-electron chi connectivity index (χ2n) is 2.95. The Bertz CT molecular complexity index is 164. The summed E-state index contributed by atoms with van der Waals surface area (Å²) in [6.45, 7) is 5.08. The molecular weight excluding hydrogens is 169 g/mol. The molecule has 1 rings (SSSR count). The van der Waals surface area contributed by atoms with Crippen molar-refractivity contribution in [3.63, 3.8) is 0 Å². The van der Waals surface area contributed by atoms with Crippen molar-refractivity contribution >= 4 is 5.78 Å². The zero-order valence-electron chi connectivity index (χ0n) is 7.46. The van der Waals surface area contributed by atoms with E-state index in [-0.39, 0.29) is 18.6 Å². The molecule has 0 spiro atoms. The van der Waals surface area contributed by atoms with Crippen molar-refractivity contribution in [2.75, 3.05) is 0 Å². The maximum absolute atomic E-state index is 11.9. The number of hydrogen-bond acceptors (Lipinski definition) is 1. The molecule has 0 amide bonds. The van der Waals surface area contributed by atoms with Crippen LogP contribution in [-0.4, -0.2) is 12.0 Å². The molecule has 0 atom stereocenters. The Hall–Kier alpha value is -0.540. The van der Waals surface area contributed by atoms with Gasteiger partial charge in [-0.2, -0.15) is 13.2 Å². The van der Waals surface area contributed by atoms with Crippen molar-refractivity contribution in [2.24, 2.45) is 5.41 Å². The summed E-state index contributed by atoms with van der Waals surface area (Å²) in [5.41, 5.74) is -1.72. The zero-order chi connectivity index (χ0) is 9.99. The maximum Gasteiger partial charge on any atom is 0.395 e. The fraction of sp³-hybridized carbons (Fsp3) is 0.875. The molecule has 0 bridgehead atoms. The van der Waals surface area contributed by atoms with Gasteiger partial charge in [0.1, 0.15) is 5.78 Å². The summed E-state index contributed by atoms with van der Waals surface area (Å²) in [7, 11) is 0. The van der Waals surface area contributed by atoms with Crippen molar-refractivity contribution in [1.29, 1.82) is 0 Å². The first-order valence-electron chi connectivity index (χ1n) is 3.94. The second kappa shape index (κ2) is 3.46. The second-order valence-corrected chi connectivity index (χ2v) is 2.95. The minimum atomic E-state index is -4.21. The van der Waals surface area contributed by atoms with E-state index in [1.54, 1.807) is 0 Å². The molecule has 72 valence electrons. The molecule has 4 heteroatoms. The predicted octanol–water partition coefficient (Wildman–Crippen LogP) is 2.94. The molecular formula is C8H13F3O. The maximum atomic E-state index is 11.9. The average molecular weight is 182 g/mol. The minimum absolute atomic E-state index is 0.292. The van der Waals surface area contributed by atoms with Gasteiger partial charge in [0.15, 0.2) is 0 Å². The van der Waals surface area contributed by atoms with E-state index in [1.807, 2.05) is 13.8 Å². The first-order chi connectivity index (χ1) is 5.35. The molecule has 0 aromatic rings. The monoisotopic (exact) mass is 182 g/mol. The van der Waals surface area contributed by atoms with Gasteiger partial charge in [-0.15, -0.1) is 0 Å². The number of hydrogen-bond donors (Lipinski definition) is 0. The van der Waals surface area contributed by atoms with E-state index in [1.165, 1.54) is 0 Å². The average Bonchev–Trinajstić information content (AvgIpc) is 1.87. The first kappa shape index (κ1) is 11.5. The summed E-state index contributed by atoms with van der Waals surface area (Å²) in [5, 5.41) is 0. The zero-order valence-corrected chi connectivity index (χ0v) is 7.46. The van der Waals surface area contributed by atoms with E-state index in [2.05, 4.69) is 0 Å². The molecule has 12 heavy (non-hydrogen) atoms. The highest BCUT2D eigenvalue weighted by Gasteiger charge is 2.58. The van der Waals surface area contributed by atoms with Gasteiger partial charge in [-0.25, -0.2) is 0 Å². The Kier molecular flexibility index (Phi) is 3.30. The Morgan fingerprint density at radius 1 is 1.25 bits per heavy atom. The Labute approximate surface area is 70.0 Å². The standard InChI is InChI=1S/C6H7F3O.C2H6/c1-5(6(7,8)9)2-4(10)3-5;1-2/h2-3H2,1H3;1-2H3. The summed E-state index contributed by atoms with van der Waals surface area (Å²) in [4.78, 5) is 10.3. The first-order valence-corrected chi connectivity index (χ1v) is 3.94. The summed E-state index contributed by atoms with van der Waals surface area (Å²) < 4.78 is 35.7. The lowest BCUT2D eigenvalue weighted by molar-refractivity contribution is -0.236. The molecule has 0 N–H and O–H groups in total. The highest BCUT2D eigenvalue weighted by molar-refractivity contribution is 5.86. The fourth-order valence-electron chi connectivity index (χ4n) is 1.02. The lowest BCUT2D eigenvalue weighted by atomic mass is 9.69. The SMILES string of the molecule is CC.CC1(C(F)(F)F)CC(=O)C1. The smallest absolute Gasteiger partial charge is 0.300 e. The van der Waals surface area contributed by atoms with E-state index in [9.17, 15) is 18.0 Å². The quantitative estimate of drug-likeness (QED) is 0.563. The molecule has 0 saturated heterocycles. The molecule has 0 aliphatic heterocycles. The number of carbonyl (C=O) groups excluding carboxylic acids is 1. The van der Waals surface area contributed by atoms with Crippen LogP contribution in [0.15, 0.2) is 0 Å². The van der Waals surface area contributed by atoms with Gasteiger partial charge in [0, 0.05) is 12.8 Å². The highest BCUT2D eigenvalue weighted by Crippen LogP contribution is 2.50. The normalized spacial score (nSPS) is 20.7. The van der Waals surface area contributed by atoms with Crippen LogP contribution in [0.1, 0.15) is 33.6 Å². The summed E-state index contributed by atoms with van der Waals surface area (Å²) in [6.07, 6.45) is -4.88. The fourth-order valence-corrected chi connectivity index (χ4v) is 1.02. The van der Waals surface area contributed by atoms with E-state index in [0.717, 1.165) is 6.92 Å². The lowest BCUT2D eigenvalue weighted by Gasteiger charge is -2.38. The van der Waals surface area contributed by atoms with Crippen LogP contribution < -0.4 is 0 Å². The Balaban J connectivity index is 0.000000561. The third-order valence-electron chi connectivity index (χ3n) is 1.86. The number of halogens is 3. The van der Waals surface area contributed by atoms with Crippen molar-refractivity contribution in [3.8, 4) is 0 Å². The molecule has 0 aromatic carbocycles. The molecule has 0 aromatic heterocycles. The molecule has 1 aliphatic rings. The molecule has 1 saturated carbocycles. The Morgan fingerprint density at radius 2 is 1.58 bits per heavy atom. The highest BCUT2D eigenvalue weighted by atomic mass is 19.4. The number of rotatable bonds is 0. The van der Waals surface area contributed by atoms with E-state index in [4.69, 9.17) is 0 Å². The van der Waals surface area contributed by atoms with Crippen LogP contribution >= 0.6 is 0 Å². The molecule has 0 radical (unpaired) electrons. The van der Waals surface area contributed by atoms with Crippen LogP contribution in [0, 0.1) is 5.41 Å². The molecule has 1 aliphatic carbocycles. The largest absolute Gasteiger partial charge is 0.395 e. The van der Waals surface area contributed by atoms with Gasteiger partial charge in [0.2, 0.25) is 0 Å². The lowest BCUT2D eigenvalue weighted by Crippen LogP contribution is -2.46. The van der Waals surface area contributed by atoms with Gasteiger partial charge < -0.3 is 0 Å². The van der Waals surface area contributed by atoms with Crippen molar-refractivity contribution in [3.05, 3.63) is 0 Å². The van der Waals surface area contributed by atoms with Crippen LogP contribution in [0.5, 0.6) is 0 Å². The Morgan fingerprint density at radius 3 is 1.67 bits per heavy atom. The van der Waals surface area contributed by atoms with Gasteiger partial charge in [-0.3, -0.25) is 4.79 Å². The molecule has 0 heterocycles.